The van der Waals surface area contributed by atoms with Crippen molar-refractivity contribution in [2.45, 2.75) is 115 Å². The number of aldehydes is 2. The number of phenolic OH excluding ortho intramolecular Hbond substituents is 2. The third kappa shape index (κ3) is 4.48. The average Bonchev–Trinajstić information content (AvgIpc) is 3.56. The van der Waals surface area contributed by atoms with Gasteiger partial charge in [-0.15, -0.1) is 0 Å². The Labute approximate surface area is 266 Å². The summed E-state index contributed by atoms with van der Waals surface area (Å²) < 4.78 is 13.4. The molecule has 0 radical (unpaired) electrons. The number of benzene rings is 2. The number of hydrogen-bond acceptors (Lipinski definition) is 6. The summed E-state index contributed by atoms with van der Waals surface area (Å²) in [5.41, 5.74) is 6.18. The quantitative estimate of drug-likeness (QED) is 0.255. The number of hydrogen-bond donors (Lipinski definition) is 2. The fourth-order valence-electron chi connectivity index (χ4n) is 12.1. The van der Waals surface area contributed by atoms with Crippen LogP contribution in [0, 0.1) is 34.5 Å². The Hall–Kier alpha value is -2.70. The van der Waals surface area contributed by atoms with Crippen LogP contribution in [-0.2, 0) is 22.3 Å². The summed E-state index contributed by atoms with van der Waals surface area (Å²) in [7, 11) is 0. The van der Waals surface area contributed by atoms with Crippen LogP contribution in [0.5, 0.6) is 11.5 Å². The summed E-state index contributed by atoms with van der Waals surface area (Å²) in [6.07, 6.45) is 15.3. The molecule has 4 saturated carbocycles. The lowest BCUT2D eigenvalue weighted by atomic mass is 9.55. The molecule has 45 heavy (non-hydrogen) atoms. The summed E-state index contributed by atoms with van der Waals surface area (Å²) >= 11 is 0. The smallest absolute Gasteiger partial charge is 0.153 e. The molecule has 8 rings (SSSR count). The number of fused-ring (bicyclic) bond motifs is 10. The second-order valence-electron chi connectivity index (χ2n) is 16.0. The molecule has 0 spiro atoms. The third-order valence-electron chi connectivity index (χ3n) is 14.4. The second kappa shape index (κ2) is 10.9. The van der Waals surface area contributed by atoms with Crippen LogP contribution in [0.15, 0.2) is 24.3 Å². The van der Waals surface area contributed by atoms with Gasteiger partial charge in [-0.05, 0) is 170 Å². The highest BCUT2D eigenvalue weighted by molar-refractivity contribution is 5.80. The Morgan fingerprint density at radius 1 is 0.667 bits per heavy atom. The summed E-state index contributed by atoms with van der Waals surface area (Å²) in [6, 6.07) is 7.61. The van der Waals surface area contributed by atoms with Crippen LogP contribution in [0.25, 0.3) is 0 Å². The molecule has 0 bridgehead atoms. The SMILES string of the molecule is C[C@]12CC[C@@H]3c4cc(C=O)c(O)cc4CC[C@H]3[C@@H]1CC[C@@H]2OCO[C@H]1CC[C@H]2[C@@H]3CCc4cc(O)c(C=O)cc4[C@H]3CC[C@]12C. The molecular weight excluding hydrogens is 564 g/mol. The topological polar surface area (TPSA) is 93.1 Å². The summed E-state index contributed by atoms with van der Waals surface area (Å²) in [4.78, 5) is 23.2. The van der Waals surface area contributed by atoms with Gasteiger partial charge in [-0.1, -0.05) is 13.8 Å². The Balaban J connectivity index is 0.916. The summed E-state index contributed by atoms with van der Waals surface area (Å²) in [5, 5.41) is 20.5. The largest absolute Gasteiger partial charge is 0.507 e. The maximum Gasteiger partial charge on any atom is 0.153 e. The van der Waals surface area contributed by atoms with Crippen LogP contribution >= 0.6 is 0 Å². The van der Waals surface area contributed by atoms with Crippen LogP contribution in [-0.4, -0.2) is 41.8 Å². The highest BCUT2D eigenvalue weighted by Crippen LogP contribution is 2.63. The van der Waals surface area contributed by atoms with E-state index in [1.54, 1.807) is 0 Å². The zero-order valence-electron chi connectivity index (χ0n) is 26.8. The molecule has 0 aromatic heterocycles. The molecule has 6 heteroatoms. The van der Waals surface area contributed by atoms with Gasteiger partial charge in [-0.3, -0.25) is 9.59 Å². The van der Waals surface area contributed by atoms with Crippen molar-refractivity contribution >= 4 is 12.6 Å². The Morgan fingerprint density at radius 2 is 1.11 bits per heavy atom. The molecule has 0 amide bonds. The molecule has 2 aromatic rings. The molecule has 2 aromatic carbocycles. The minimum atomic E-state index is 0.117. The van der Waals surface area contributed by atoms with E-state index < -0.39 is 0 Å². The molecule has 240 valence electrons. The second-order valence-corrected chi connectivity index (χ2v) is 16.0. The van der Waals surface area contributed by atoms with E-state index in [0.29, 0.717) is 53.4 Å². The number of ether oxygens (including phenoxy) is 2. The first-order valence-corrected chi connectivity index (χ1v) is 17.6. The van der Waals surface area contributed by atoms with E-state index in [1.165, 1.54) is 35.1 Å². The first kappa shape index (κ1) is 29.7. The lowest BCUT2D eigenvalue weighted by Gasteiger charge is -2.51. The summed E-state index contributed by atoms with van der Waals surface area (Å²) in [5.74, 6) is 3.60. The van der Waals surface area contributed by atoms with E-state index in [1.807, 2.05) is 24.3 Å². The fraction of sp³-hybridized carbons (Fsp3) is 0.641. The zero-order valence-corrected chi connectivity index (χ0v) is 26.8. The minimum Gasteiger partial charge on any atom is -0.507 e. The van der Waals surface area contributed by atoms with Crippen molar-refractivity contribution in [1.82, 2.24) is 0 Å². The fourth-order valence-corrected chi connectivity index (χ4v) is 12.1. The van der Waals surface area contributed by atoms with Gasteiger partial charge in [0.15, 0.2) is 12.6 Å². The van der Waals surface area contributed by atoms with E-state index in [-0.39, 0.29) is 34.5 Å². The molecular formula is C39H48O6. The minimum absolute atomic E-state index is 0.117. The summed E-state index contributed by atoms with van der Waals surface area (Å²) in [6.45, 7) is 5.29. The molecule has 4 fully saturated rings. The molecule has 0 unspecified atom stereocenters. The van der Waals surface area contributed by atoms with Crippen molar-refractivity contribution in [1.29, 1.82) is 0 Å². The van der Waals surface area contributed by atoms with Crippen molar-refractivity contribution in [3.05, 3.63) is 57.6 Å². The zero-order chi connectivity index (χ0) is 31.1. The number of carbonyl (C=O) groups is 2. The molecule has 0 saturated heterocycles. The maximum absolute atomic E-state index is 11.6. The van der Waals surface area contributed by atoms with Gasteiger partial charge in [0.05, 0.1) is 23.3 Å². The van der Waals surface area contributed by atoms with E-state index >= 15 is 0 Å². The van der Waals surface area contributed by atoms with Gasteiger partial charge in [-0.25, -0.2) is 0 Å². The van der Waals surface area contributed by atoms with Crippen LogP contribution in [0.1, 0.15) is 133 Å². The van der Waals surface area contributed by atoms with Crippen LogP contribution in [0.3, 0.4) is 0 Å². The number of aryl methyl sites for hydroxylation is 2. The first-order valence-electron chi connectivity index (χ1n) is 17.6. The lowest BCUT2D eigenvalue weighted by molar-refractivity contribution is -0.176. The van der Waals surface area contributed by atoms with Crippen molar-refractivity contribution in [3.63, 3.8) is 0 Å². The van der Waals surface area contributed by atoms with Crippen LogP contribution < -0.4 is 0 Å². The van der Waals surface area contributed by atoms with Crippen molar-refractivity contribution in [2.75, 3.05) is 6.79 Å². The highest BCUT2D eigenvalue weighted by Gasteiger charge is 2.57. The number of phenols is 2. The van der Waals surface area contributed by atoms with E-state index in [0.717, 1.165) is 76.8 Å². The monoisotopic (exact) mass is 612 g/mol. The highest BCUT2D eigenvalue weighted by atomic mass is 16.7. The van der Waals surface area contributed by atoms with Gasteiger partial charge in [0.25, 0.3) is 0 Å². The van der Waals surface area contributed by atoms with Crippen molar-refractivity contribution in [3.8, 4) is 11.5 Å². The lowest BCUT2D eigenvalue weighted by Crippen LogP contribution is -2.46. The number of aromatic hydroxyl groups is 2. The molecule has 2 N–H and O–H groups in total. The Bertz CT molecular complexity index is 1400. The molecule has 6 nitrogen and oxygen atoms in total. The normalized spacial score (nSPS) is 39.5. The van der Waals surface area contributed by atoms with Crippen LogP contribution in [0.4, 0.5) is 0 Å². The van der Waals surface area contributed by atoms with Gasteiger partial charge in [0.1, 0.15) is 18.3 Å². The van der Waals surface area contributed by atoms with Gasteiger partial charge in [0, 0.05) is 0 Å². The molecule has 10 atom stereocenters. The van der Waals surface area contributed by atoms with E-state index in [2.05, 4.69) is 13.8 Å². The van der Waals surface area contributed by atoms with Crippen molar-refractivity contribution < 1.29 is 29.3 Å². The van der Waals surface area contributed by atoms with Gasteiger partial charge < -0.3 is 19.7 Å². The number of carbonyl (C=O) groups excluding carboxylic acids is 2. The third-order valence-corrected chi connectivity index (χ3v) is 14.4. The Kier molecular flexibility index (Phi) is 7.22. The Morgan fingerprint density at radius 3 is 1.53 bits per heavy atom. The average molecular weight is 613 g/mol. The standard InChI is InChI=1S/C39H48O6/c1-38-13-11-26-28(5-3-22-17-34(42)24(19-40)15-30(22)26)32(38)7-9-36(38)44-21-45-37-10-8-33-29-6-4-23-18-35(43)25(20-41)16-31(23)27(29)12-14-39(33,37)2/h15-20,26-29,32-33,36-37,42-43H,3-14,21H2,1-2H3/t26-,27-,28+,29+,32-,33-,36-,37-,38-,39-/m0/s1. The van der Waals surface area contributed by atoms with Gasteiger partial charge in [-0.2, -0.15) is 0 Å². The van der Waals surface area contributed by atoms with Crippen molar-refractivity contribution in [2.24, 2.45) is 34.5 Å². The molecule has 6 aliphatic rings. The predicted molar refractivity (Wildman–Crippen MR) is 171 cm³/mol. The number of rotatable bonds is 6. The van der Waals surface area contributed by atoms with Gasteiger partial charge in [0.2, 0.25) is 0 Å². The van der Waals surface area contributed by atoms with Crippen LogP contribution in [0.2, 0.25) is 0 Å². The van der Waals surface area contributed by atoms with Gasteiger partial charge >= 0.3 is 0 Å². The predicted octanol–water partition coefficient (Wildman–Crippen LogP) is 7.86. The first-order chi connectivity index (χ1) is 21.7. The molecule has 0 aliphatic heterocycles. The van der Waals surface area contributed by atoms with E-state index in [9.17, 15) is 19.8 Å². The maximum atomic E-state index is 11.6. The van der Waals surface area contributed by atoms with E-state index in [4.69, 9.17) is 9.47 Å². The molecule has 6 aliphatic carbocycles. The molecule has 0 heterocycles.